The summed E-state index contributed by atoms with van der Waals surface area (Å²) >= 11 is 0. The number of primary amides is 1. The minimum absolute atomic E-state index is 0.0437. The lowest BCUT2D eigenvalue weighted by Crippen LogP contribution is -2.62. The number of aromatic amines is 1. The smallest absolute Gasteiger partial charge is 0.326 e. The summed E-state index contributed by atoms with van der Waals surface area (Å²) in [5.41, 5.74) is 13.1. The number of rotatable bonds is 26. The van der Waals surface area contributed by atoms with Crippen LogP contribution in [0.2, 0.25) is 0 Å². The van der Waals surface area contributed by atoms with Crippen LogP contribution in [0.5, 0.6) is 5.75 Å². The number of amides is 8. The van der Waals surface area contributed by atoms with Gasteiger partial charge in [0.1, 0.15) is 48.0 Å². The maximum atomic E-state index is 14.8. The number of benzene rings is 2. The molecule has 1 fully saturated rings. The molecule has 1 aliphatic rings. The normalized spacial score (nSPS) is 16.9. The number of phenolic OH excluding ortho intramolecular Hbond substituents is 1. The second-order valence-electron chi connectivity index (χ2n) is 19.6. The summed E-state index contributed by atoms with van der Waals surface area (Å²) in [6.07, 6.45) is -0.0517. The Morgan fingerprint density at radius 1 is 0.708 bits per heavy atom. The number of nitrogens with one attached hydrogen (secondary N) is 7. The zero-order valence-electron chi connectivity index (χ0n) is 41.9. The molecule has 0 unspecified atom stereocenters. The number of carboxylic acids is 1. The van der Waals surface area contributed by atoms with Crippen molar-refractivity contribution < 1.29 is 58.5 Å². The van der Waals surface area contributed by atoms with Crippen molar-refractivity contribution in [3.63, 3.8) is 0 Å². The molecule has 0 aliphatic carbocycles. The van der Waals surface area contributed by atoms with Crippen molar-refractivity contribution in [1.82, 2.24) is 41.8 Å². The van der Waals surface area contributed by atoms with E-state index in [1.165, 1.54) is 24.0 Å². The number of nitrogens with zero attached hydrogens (tertiary/aromatic N) is 1. The molecule has 2 aromatic carbocycles. The van der Waals surface area contributed by atoms with Gasteiger partial charge in [0.05, 0.1) is 12.1 Å². The largest absolute Gasteiger partial charge is 0.508 e. The molecule has 22 heteroatoms. The number of hydrogen-bond acceptors (Lipinski definition) is 12. The van der Waals surface area contributed by atoms with Crippen LogP contribution in [0.1, 0.15) is 91.7 Å². The molecule has 72 heavy (non-hydrogen) atoms. The van der Waals surface area contributed by atoms with Gasteiger partial charge in [-0.05, 0) is 79.7 Å². The van der Waals surface area contributed by atoms with Gasteiger partial charge in [-0.2, -0.15) is 0 Å². The summed E-state index contributed by atoms with van der Waals surface area (Å²) in [7, 11) is 0. The number of aromatic nitrogens is 1. The van der Waals surface area contributed by atoms with Crippen LogP contribution in [-0.4, -0.2) is 139 Å². The molecule has 1 aliphatic heterocycles. The summed E-state index contributed by atoms with van der Waals surface area (Å²) in [4.78, 5) is 126. The minimum atomic E-state index is -1.73. The number of aliphatic hydroxyl groups excluding tert-OH is 1. The number of H-pyrrole nitrogens is 1. The summed E-state index contributed by atoms with van der Waals surface area (Å²) in [6.45, 7) is 11.9. The first-order valence-corrected chi connectivity index (χ1v) is 24.3. The monoisotopic (exact) mass is 1000 g/mol. The third-order valence-electron chi connectivity index (χ3n) is 12.5. The predicted molar refractivity (Wildman–Crippen MR) is 265 cm³/mol. The molecule has 8 amide bonds. The van der Waals surface area contributed by atoms with Gasteiger partial charge < -0.3 is 68.6 Å². The van der Waals surface area contributed by atoms with Gasteiger partial charge in [-0.15, -0.1) is 0 Å². The van der Waals surface area contributed by atoms with Crippen LogP contribution >= 0.6 is 0 Å². The Hall–Kier alpha value is -7.07. The summed E-state index contributed by atoms with van der Waals surface area (Å²) in [5.74, 6) is -8.47. The molecule has 22 nitrogen and oxygen atoms in total. The lowest BCUT2D eigenvalue weighted by molar-refractivity contribution is -0.143. The number of hydrogen-bond donors (Lipinski definition) is 12. The number of likely N-dealkylation sites (tertiary alicyclic amines) is 1. The fourth-order valence-corrected chi connectivity index (χ4v) is 8.48. The average Bonchev–Trinajstić information content (AvgIpc) is 3.97. The topological polar surface area (TPSA) is 358 Å². The Balaban J connectivity index is 1.62. The molecule has 0 bridgehead atoms. The third-order valence-corrected chi connectivity index (χ3v) is 12.5. The highest BCUT2D eigenvalue weighted by atomic mass is 16.4. The van der Waals surface area contributed by atoms with E-state index in [4.69, 9.17) is 11.5 Å². The quantitative estimate of drug-likeness (QED) is 0.0504. The third kappa shape index (κ3) is 16.2. The number of phenols is 1. The Kier molecular flexibility index (Phi) is 21.1. The van der Waals surface area contributed by atoms with Crippen LogP contribution in [0.3, 0.4) is 0 Å². The first-order valence-electron chi connectivity index (χ1n) is 24.3. The fourth-order valence-electron chi connectivity index (χ4n) is 8.48. The number of aromatic hydroxyl groups is 1. The van der Waals surface area contributed by atoms with E-state index in [9.17, 15) is 58.5 Å². The van der Waals surface area contributed by atoms with Crippen molar-refractivity contribution in [3.05, 3.63) is 65.9 Å². The Bertz CT molecular complexity index is 2400. The van der Waals surface area contributed by atoms with Crippen molar-refractivity contribution >= 4 is 64.1 Å². The molecular weight excluding hydrogens is 933 g/mol. The van der Waals surface area contributed by atoms with Crippen LogP contribution in [0.15, 0.2) is 54.7 Å². The van der Waals surface area contributed by atoms with Crippen molar-refractivity contribution in [2.75, 3.05) is 6.54 Å². The van der Waals surface area contributed by atoms with Gasteiger partial charge in [0.25, 0.3) is 0 Å². The maximum absolute atomic E-state index is 14.8. The van der Waals surface area contributed by atoms with E-state index in [1.807, 2.05) is 13.8 Å². The van der Waals surface area contributed by atoms with Gasteiger partial charge in [-0.3, -0.25) is 38.4 Å². The standard InChI is InChI=1S/C50H72N10O12/c1-25(2)21-33(51)43(64)57-41(27(5)6)47(68)58-40(26(3)4)46(67)56-37(22-29-14-16-31(62)17-15-29)49(70)60-20-10-13-38(60)45(66)55-36(23-30-24-53-34-12-9-8-11-32(30)34)44(65)59-42(28(7)61)48(69)54-35(50(71)72)18-19-39(52)63/h8-9,11-12,14-17,24-28,33,35-38,40-42,53,61-62H,10,13,18-23,51H2,1-7H3,(H2,52,63)(H,54,69)(H,55,66)(H,56,67)(H,57,64)(H,58,68)(H,59,65)(H,71,72)/t28-,33+,35+,36+,37+,38+,40+,41+,42+/m1/s1. The van der Waals surface area contributed by atoms with Gasteiger partial charge >= 0.3 is 5.97 Å². The van der Waals surface area contributed by atoms with E-state index in [2.05, 4.69) is 36.9 Å². The van der Waals surface area contributed by atoms with Crippen molar-refractivity contribution in [2.45, 2.75) is 148 Å². The van der Waals surface area contributed by atoms with E-state index < -0.39 is 120 Å². The number of para-hydroxylation sites is 1. The molecule has 9 atom stereocenters. The first-order chi connectivity index (χ1) is 33.9. The molecule has 4 rings (SSSR count). The molecule has 0 saturated carbocycles. The number of aliphatic hydroxyl groups is 1. The van der Waals surface area contributed by atoms with Crippen LogP contribution in [0.25, 0.3) is 10.9 Å². The van der Waals surface area contributed by atoms with E-state index in [-0.39, 0.29) is 50.3 Å². The molecule has 0 radical (unpaired) electrons. The summed E-state index contributed by atoms with van der Waals surface area (Å²) in [6, 6.07) is 2.74. The van der Waals surface area contributed by atoms with Gasteiger partial charge in [-0.1, -0.05) is 71.9 Å². The maximum Gasteiger partial charge on any atom is 0.326 e. The Morgan fingerprint density at radius 2 is 1.28 bits per heavy atom. The first kappa shape index (κ1) is 57.5. The highest BCUT2D eigenvalue weighted by Crippen LogP contribution is 2.23. The molecule has 1 saturated heterocycles. The highest BCUT2D eigenvalue weighted by Gasteiger charge is 2.41. The Morgan fingerprint density at radius 3 is 1.86 bits per heavy atom. The molecule has 1 aromatic heterocycles. The minimum Gasteiger partial charge on any atom is -0.508 e. The van der Waals surface area contributed by atoms with Gasteiger partial charge in [0, 0.05) is 42.9 Å². The lowest BCUT2D eigenvalue weighted by atomic mass is 9.97. The molecule has 394 valence electrons. The van der Waals surface area contributed by atoms with Crippen molar-refractivity contribution in [2.24, 2.45) is 29.2 Å². The number of fused-ring (bicyclic) bond motifs is 1. The lowest BCUT2D eigenvalue weighted by Gasteiger charge is -2.32. The number of aliphatic carboxylic acids is 1. The van der Waals surface area contributed by atoms with Crippen LogP contribution in [-0.2, 0) is 56.0 Å². The van der Waals surface area contributed by atoms with E-state index >= 15 is 0 Å². The average molecular weight is 1010 g/mol. The Labute approximate surface area is 418 Å². The van der Waals surface area contributed by atoms with Crippen LogP contribution in [0.4, 0.5) is 0 Å². The van der Waals surface area contributed by atoms with Crippen LogP contribution in [0, 0.1) is 17.8 Å². The number of carbonyl (C=O) groups is 9. The van der Waals surface area contributed by atoms with Gasteiger partial charge in [-0.25, -0.2) is 4.79 Å². The van der Waals surface area contributed by atoms with E-state index in [0.29, 0.717) is 29.4 Å². The predicted octanol–water partition coefficient (Wildman–Crippen LogP) is -0.0252. The van der Waals surface area contributed by atoms with Crippen molar-refractivity contribution in [1.29, 1.82) is 0 Å². The van der Waals surface area contributed by atoms with E-state index in [1.54, 1.807) is 70.3 Å². The van der Waals surface area contributed by atoms with Crippen molar-refractivity contribution in [3.8, 4) is 5.75 Å². The van der Waals surface area contributed by atoms with E-state index in [0.717, 1.165) is 5.52 Å². The van der Waals surface area contributed by atoms with Gasteiger partial charge in [0.2, 0.25) is 47.3 Å². The zero-order valence-corrected chi connectivity index (χ0v) is 41.9. The second kappa shape index (κ2) is 26.4. The number of carbonyl (C=O) groups excluding carboxylic acids is 8. The molecule has 14 N–H and O–H groups in total. The second-order valence-corrected chi connectivity index (χ2v) is 19.6. The molecule has 0 spiro atoms. The molecule has 3 aromatic rings. The summed E-state index contributed by atoms with van der Waals surface area (Å²) < 4.78 is 0. The molecule has 2 heterocycles. The summed E-state index contributed by atoms with van der Waals surface area (Å²) in [5, 5.41) is 46.8. The van der Waals surface area contributed by atoms with Crippen LogP contribution < -0.4 is 43.4 Å². The number of nitrogens with two attached hydrogens (primary N) is 2. The van der Waals surface area contributed by atoms with Gasteiger partial charge in [0.15, 0.2) is 0 Å². The SMILES string of the molecule is CC(C)C[C@H](N)C(=O)N[C@H](C(=O)N[C@H](C(=O)N[C@@H](Cc1ccc(O)cc1)C(=O)N1CCC[C@H]1C(=O)N[C@@H](Cc1c[nH]c2ccccc12)C(=O)N[C@H](C(=O)N[C@@H](CCC(N)=O)C(=O)O)[C@@H](C)O)C(C)C)C(C)C. The zero-order chi connectivity index (χ0) is 53.6. The fraction of sp³-hybridized carbons (Fsp3) is 0.540. The highest BCUT2D eigenvalue weighted by molar-refractivity contribution is 5.98. The molecular formula is C50H72N10O12. The number of carboxylic acid groups (broad SMARTS) is 1.